The first kappa shape index (κ1) is 11.9. The molecule has 0 heterocycles. The van der Waals surface area contributed by atoms with Gasteiger partial charge in [0.05, 0.1) is 22.3 Å². The standard InChI is InChI=1S/C9H12FN2O2S/c1-7-6-8(10)2-3-9(7)12-15(13,14)5-4-11/h2-3,6H,4-5,11H2,1H3/q-1/p+1. The molecule has 0 fully saturated rings. The summed E-state index contributed by atoms with van der Waals surface area (Å²) in [5, 5.41) is 0. The van der Waals surface area contributed by atoms with E-state index in [1.54, 1.807) is 6.92 Å². The van der Waals surface area contributed by atoms with E-state index in [1.165, 1.54) is 18.2 Å². The highest BCUT2D eigenvalue weighted by atomic mass is 32.2. The van der Waals surface area contributed by atoms with E-state index in [4.69, 9.17) is 0 Å². The normalized spacial score (nSPS) is 11.4. The van der Waals surface area contributed by atoms with Crippen LogP contribution in [0, 0.1) is 12.7 Å². The predicted octanol–water partition coefficient (Wildman–Crippen LogP) is 0.711. The molecule has 15 heavy (non-hydrogen) atoms. The van der Waals surface area contributed by atoms with E-state index in [-0.39, 0.29) is 18.0 Å². The second-order valence-electron chi connectivity index (χ2n) is 3.16. The Morgan fingerprint density at radius 3 is 2.67 bits per heavy atom. The number of sulfonamides is 1. The van der Waals surface area contributed by atoms with E-state index < -0.39 is 15.8 Å². The van der Waals surface area contributed by atoms with Gasteiger partial charge >= 0.3 is 0 Å². The molecule has 0 aliphatic rings. The van der Waals surface area contributed by atoms with Crippen molar-refractivity contribution in [1.82, 2.24) is 0 Å². The molecule has 6 heteroatoms. The first-order valence-corrected chi connectivity index (χ1v) is 6.06. The van der Waals surface area contributed by atoms with E-state index in [1.807, 2.05) is 0 Å². The Labute approximate surface area is 88.3 Å². The van der Waals surface area contributed by atoms with E-state index in [0.717, 1.165) is 0 Å². The molecule has 0 saturated carbocycles. The third-order valence-electron chi connectivity index (χ3n) is 1.80. The zero-order valence-corrected chi connectivity index (χ0v) is 9.22. The van der Waals surface area contributed by atoms with Gasteiger partial charge in [-0.15, -0.1) is 5.69 Å². The molecule has 0 bridgehead atoms. The average molecular weight is 232 g/mol. The topological polar surface area (TPSA) is 75.9 Å². The van der Waals surface area contributed by atoms with Gasteiger partial charge in [-0.1, -0.05) is 11.6 Å². The number of halogens is 1. The first-order chi connectivity index (χ1) is 6.94. The Balaban J connectivity index is 2.90. The zero-order valence-electron chi connectivity index (χ0n) is 8.40. The summed E-state index contributed by atoms with van der Waals surface area (Å²) in [7, 11) is -3.48. The van der Waals surface area contributed by atoms with Gasteiger partial charge < -0.3 is 10.5 Å². The summed E-state index contributed by atoms with van der Waals surface area (Å²) in [5.41, 5.74) is 4.23. The maximum Gasteiger partial charge on any atom is 0.123 e. The third-order valence-corrected chi connectivity index (χ3v) is 3.08. The van der Waals surface area contributed by atoms with Crippen LogP contribution in [0.1, 0.15) is 5.56 Å². The Hall–Kier alpha value is -1.14. The van der Waals surface area contributed by atoms with Crippen molar-refractivity contribution in [2.24, 2.45) is 0 Å². The molecular formula is C9H13FN2O2S. The minimum Gasteiger partial charge on any atom is -0.576 e. The summed E-state index contributed by atoms with van der Waals surface area (Å²) in [4.78, 5) is 0. The quantitative estimate of drug-likeness (QED) is 0.830. The van der Waals surface area contributed by atoms with Gasteiger partial charge in [-0.2, -0.15) is 0 Å². The van der Waals surface area contributed by atoms with Gasteiger partial charge in [-0.05, 0) is 19.1 Å². The van der Waals surface area contributed by atoms with Gasteiger partial charge in [-0.3, -0.25) is 0 Å². The first-order valence-electron chi connectivity index (χ1n) is 4.46. The van der Waals surface area contributed by atoms with Crippen LogP contribution in [0.2, 0.25) is 0 Å². The van der Waals surface area contributed by atoms with Crippen LogP contribution < -0.4 is 5.73 Å². The Kier molecular flexibility index (Phi) is 3.65. The number of hydrogen-bond acceptors (Lipinski definition) is 2. The van der Waals surface area contributed by atoms with Crippen molar-refractivity contribution in [3.05, 3.63) is 34.3 Å². The highest BCUT2D eigenvalue weighted by molar-refractivity contribution is 7.94. The second kappa shape index (κ2) is 4.59. The number of nitrogens with zero attached hydrogens (tertiary/aromatic N) is 1. The van der Waals surface area contributed by atoms with Gasteiger partial charge in [0.15, 0.2) is 0 Å². The van der Waals surface area contributed by atoms with E-state index in [0.29, 0.717) is 5.56 Å². The van der Waals surface area contributed by atoms with Crippen LogP contribution in [-0.4, -0.2) is 20.7 Å². The molecule has 1 aromatic carbocycles. The van der Waals surface area contributed by atoms with E-state index >= 15 is 0 Å². The molecule has 84 valence electrons. The summed E-state index contributed by atoms with van der Waals surface area (Å²) in [6.45, 7) is 1.88. The van der Waals surface area contributed by atoms with E-state index in [9.17, 15) is 12.8 Å². The molecule has 4 nitrogen and oxygen atoms in total. The Morgan fingerprint density at radius 1 is 1.47 bits per heavy atom. The maximum atomic E-state index is 12.7. The van der Waals surface area contributed by atoms with Gasteiger partial charge in [0, 0.05) is 0 Å². The highest BCUT2D eigenvalue weighted by Crippen LogP contribution is 2.26. The van der Waals surface area contributed by atoms with Crippen molar-refractivity contribution in [1.29, 1.82) is 0 Å². The average Bonchev–Trinajstić information content (AvgIpc) is 2.09. The smallest absolute Gasteiger partial charge is 0.123 e. The van der Waals surface area contributed by atoms with Crippen LogP contribution in [-0.2, 0) is 10.0 Å². The van der Waals surface area contributed by atoms with Crippen molar-refractivity contribution >= 4 is 15.7 Å². The Bertz CT molecular complexity index is 445. The maximum absolute atomic E-state index is 12.7. The summed E-state index contributed by atoms with van der Waals surface area (Å²) in [6, 6.07) is 3.79. The third kappa shape index (κ3) is 3.49. The number of aryl methyl sites for hydroxylation is 1. The van der Waals surface area contributed by atoms with Crippen molar-refractivity contribution in [2.45, 2.75) is 6.92 Å². The van der Waals surface area contributed by atoms with Crippen LogP contribution in [0.3, 0.4) is 0 Å². The minimum absolute atomic E-state index is 0.0934. The van der Waals surface area contributed by atoms with Crippen LogP contribution >= 0.6 is 0 Å². The number of hydrogen-bond donors (Lipinski definition) is 1. The van der Waals surface area contributed by atoms with Crippen LogP contribution in [0.5, 0.6) is 0 Å². The molecule has 0 aliphatic heterocycles. The second-order valence-corrected chi connectivity index (χ2v) is 4.92. The Morgan fingerprint density at radius 2 is 2.13 bits per heavy atom. The lowest BCUT2D eigenvalue weighted by Gasteiger charge is -2.22. The number of benzene rings is 1. The summed E-state index contributed by atoms with van der Waals surface area (Å²) >= 11 is 0. The SMILES string of the molecule is Cc1cc(F)ccc1[N-]S(=O)(=O)CC[NH3+]. The zero-order chi connectivity index (χ0) is 11.5. The van der Waals surface area contributed by atoms with Crippen molar-refractivity contribution in [3.8, 4) is 0 Å². The van der Waals surface area contributed by atoms with Gasteiger partial charge in [0.1, 0.15) is 5.82 Å². The molecule has 0 atom stereocenters. The highest BCUT2D eigenvalue weighted by Gasteiger charge is 2.01. The van der Waals surface area contributed by atoms with Gasteiger partial charge in [0.2, 0.25) is 0 Å². The van der Waals surface area contributed by atoms with Crippen LogP contribution in [0.4, 0.5) is 10.1 Å². The number of rotatable bonds is 4. The molecule has 3 N–H and O–H groups in total. The molecular weight excluding hydrogens is 219 g/mol. The van der Waals surface area contributed by atoms with Crippen LogP contribution in [0.15, 0.2) is 18.2 Å². The largest absolute Gasteiger partial charge is 0.576 e. The molecule has 0 spiro atoms. The summed E-state index contributed by atoms with van der Waals surface area (Å²) in [6.07, 6.45) is 0. The molecule has 0 unspecified atom stereocenters. The fourth-order valence-corrected chi connectivity index (χ4v) is 2.06. The molecule has 1 rings (SSSR count). The molecule has 0 saturated heterocycles. The molecule has 0 aromatic heterocycles. The van der Waals surface area contributed by atoms with Gasteiger partial charge in [0.25, 0.3) is 0 Å². The van der Waals surface area contributed by atoms with Crippen molar-refractivity contribution < 1.29 is 18.5 Å². The fraction of sp³-hybridized carbons (Fsp3) is 0.333. The molecule has 1 aromatic rings. The lowest BCUT2D eigenvalue weighted by atomic mass is 10.2. The molecule has 0 radical (unpaired) electrons. The lowest BCUT2D eigenvalue weighted by Crippen LogP contribution is -2.52. The predicted molar refractivity (Wildman–Crippen MR) is 55.7 cm³/mol. The number of quaternary nitrogens is 1. The summed E-state index contributed by atoms with van der Waals surface area (Å²) < 4.78 is 39.0. The van der Waals surface area contributed by atoms with Crippen LogP contribution in [0.25, 0.3) is 4.72 Å². The van der Waals surface area contributed by atoms with E-state index in [2.05, 4.69) is 10.5 Å². The fourth-order valence-electron chi connectivity index (χ4n) is 1.10. The lowest BCUT2D eigenvalue weighted by molar-refractivity contribution is -0.360. The summed E-state index contributed by atoms with van der Waals surface area (Å²) in [5.74, 6) is -0.495. The molecule has 0 aliphatic carbocycles. The van der Waals surface area contributed by atoms with Crippen molar-refractivity contribution in [2.75, 3.05) is 12.3 Å². The molecule has 0 amide bonds. The van der Waals surface area contributed by atoms with Crippen molar-refractivity contribution in [3.63, 3.8) is 0 Å². The minimum atomic E-state index is -3.48. The van der Waals surface area contributed by atoms with Gasteiger partial charge in [-0.25, -0.2) is 12.8 Å². The monoisotopic (exact) mass is 232 g/mol.